The van der Waals surface area contributed by atoms with Crippen molar-refractivity contribution in [3.8, 4) is 0 Å². The summed E-state index contributed by atoms with van der Waals surface area (Å²) in [6.07, 6.45) is 0. The Morgan fingerprint density at radius 3 is 2.10 bits per heavy atom. The van der Waals surface area contributed by atoms with Gasteiger partial charge in [0.05, 0.1) is 4.90 Å². The summed E-state index contributed by atoms with van der Waals surface area (Å²) in [5.41, 5.74) is -0.0358. The molecule has 0 saturated heterocycles. The molecule has 0 saturated carbocycles. The van der Waals surface area contributed by atoms with Crippen LogP contribution >= 0.6 is 0 Å². The van der Waals surface area contributed by atoms with Crippen LogP contribution in [0.1, 0.15) is 17.3 Å². The number of rotatable bonds is 5. The number of carboxylic acids is 1. The smallest absolute Gasteiger partial charge is 0.341 e. The third-order valence-electron chi connectivity index (χ3n) is 2.40. The lowest BCUT2D eigenvalue weighted by molar-refractivity contribution is -0.138. The van der Waals surface area contributed by atoms with E-state index in [1.54, 1.807) is 0 Å². The van der Waals surface area contributed by atoms with Gasteiger partial charge in [-0.25, -0.2) is 8.42 Å². The number of amides is 1. The fourth-order valence-electron chi connectivity index (χ4n) is 1.24. The first-order valence-electron chi connectivity index (χ1n) is 5.32. The third-order valence-corrected chi connectivity index (χ3v) is 3.80. The molecule has 6 nitrogen and oxygen atoms in total. The van der Waals surface area contributed by atoms with Crippen molar-refractivity contribution in [2.24, 2.45) is 0 Å². The first-order valence-corrected chi connectivity index (χ1v) is 6.86. The minimum Gasteiger partial charge on any atom is -0.480 e. The molecule has 0 bridgehead atoms. The molecule has 1 rings (SSSR count). The highest BCUT2D eigenvalue weighted by molar-refractivity contribution is 7.91. The zero-order valence-electron chi connectivity index (χ0n) is 10.2. The molecule has 0 aliphatic carbocycles. The second-order valence-corrected chi connectivity index (χ2v) is 5.78. The number of hydrogen-bond acceptors (Lipinski definition) is 4. The van der Waals surface area contributed by atoms with Crippen LogP contribution in [0.3, 0.4) is 0 Å². The number of carboxylic acid groups (broad SMARTS) is 1. The van der Waals surface area contributed by atoms with Crippen LogP contribution in [-0.2, 0) is 14.6 Å². The molecule has 0 radical (unpaired) electrons. The van der Waals surface area contributed by atoms with Crippen molar-refractivity contribution in [1.82, 2.24) is 5.32 Å². The summed E-state index contributed by atoms with van der Waals surface area (Å²) < 4.78 is 46.9. The Kier molecular flexibility index (Phi) is 4.77. The minimum absolute atomic E-state index is 0.0358. The van der Waals surface area contributed by atoms with Gasteiger partial charge in [0.25, 0.3) is 5.91 Å². The van der Waals surface area contributed by atoms with Crippen molar-refractivity contribution in [3.63, 3.8) is 0 Å². The first kappa shape index (κ1) is 16.0. The Morgan fingerprint density at radius 2 is 1.70 bits per heavy atom. The van der Waals surface area contributed by atoms with Crippen molar-refractivity contribution < 1.29 is 31.9 Å². The number of carbonyl (C=O) groups excluding carboxylic acids is 1. The molecule has 1 aromatic carbocycles. The fourth-order valence-corrected chi connectivity index (χ4v) is 1.96. The van der Waals surface area contributed by atoms with Gasteiger partial charge in [0.15, 0.2) is 0 Å². The summed E-state index contributed by atoms with van der Waals surface area (Å²) in [6.45, 7) is 1.25. The molecule has 0 spiro atoms. The van der Waals surface area contributed by atoms with Crippen LogP contribution in [0.5, 0.6) is 0 Å². The lowest BCUT2D eigenvalue weighted by atomic mass is 10.2. The molecule has 1 aromatic rings. The predicted molar refractivity (Wildman–Crippen MR) is 64.2 cm³/mol. The topological polar surface area (TPSA) is 101 Å². The number of benzene rings is 1. The van der Waals surface area contributed by atoms with Gasteiger partial charge in [-0.1, -0.05) is 0 Å². The molecule has 20 heavy (non-hydrogen) atoms. The highest BCUT2D eigenvalue weighted by atomic mass is 32.2. The Labute approximate surface area is 113 Å². The first-order chi connectivity index (χ1) is 9.16. The number of halogens is 2. The van der Waals surface area contributed by atoms with E-state index in [1.165, 1.54) is 6.92 Å². The Balaban J connectivity index is 2.92. The second-order valence-electron chi connectivity index (χ2n) is 3.86. The number of carbonyl (C=O) groups is 2. The maximum Gasteiger partial charge on any atom is 0.341 e. The molecule has 1 unspecified atom stereocenters. The SMILES string of the molecule is CC(NC(=O)c1ccc(S(=O)(=O)C(F)F)cc1)C(=O)O. The predicted octanol–water partition coefficient (Wildman–Crippen LogP) is 0.886. The van der Waals surface area contributed by atoms with Gasteiger partial charge in [-0.2, -0.15) is 8.78 Å². The van der Waals surface area contributed by atoms with Crippen molar-refractivity contribution in [2.45, 2.75) is 23.6 Å². The van der Waals surface area contributed by atoms with Crippen LogP contribution in [0, 0.1) is 0 Å². The average Bonchev–Trinajstić information content (AvgIpc) is 2.38. The van der Waals surface area contributed by atoms with E-state index in [0.717, 1.165) is 24.3 Å². The molecule has 1 amide bonds. The molecule has 0 fully saturated rings. The van der Waals surface area contributed by atoms with Crippen molar-refractivity contribution in [2.75, 3.05) is 0 Å². The van der Waals surface area contributed by atoms with E-state index in [1.807, 2.05) is 0 Å². The van der Waals surface area contributed by atoms with Crippen molar-refractivity contribution in [3.05, 3.63) is 29.8 Å². The standard InChI is InChI=1S/C11H11F2NO5S/c1-6(10(16)17)14-9(15)7-2-4-8(5-3-7)20(18,19)11(12)13/h2-6,11H,1H3,(H,14,15)(H,16,17). The highest BCUT2D eigenvalue weighted by Crippen LogP contribution is 2.18. The minimum atomic E-state index is -4.72. The summed E-state index contributed by atoms with van der Waals surface area (Å²) in [5.74, 6) is -5.54. The average molecular weight is 307 g/mol. The van der Waals surface area contributed by atoms with E-state index < -0.39 is 38.4 Å². The number of alkyl halides is 2. The van der Waals surface area contributed by atoms with Crippen LogP contribution in [0.2, 0.25) is 0 Å². The summed E-state index contributed by atoms with van der Waals surface area (Å²) in [5, 5.41) is 10.8. The molecule has 0 aromatic heterocycles. The van der Waals surface area contributed by atoms with Crippen molar-refractivity contribution in [1.29, 1.82) is 0 Å². The van der Waals surface area contributed by atoms with Gasteiger partial charge in [0.2, 0.25) is 9.84 Å². The van der Waals surface area contributed by atoms with Crippen LogP contribution in [0.25, 0.3) is 0 Å². The van der Waals surface area contributed by atoms with Crippen LogP contribution in [-0.4, -0.2) is 37.2 Å². The monoisotopic (exact) mass is 307 g/mol. The number of nitrogens with one attached hydrogen (secondary N) is 1. The van der Waals surface area contributed by atoms with Gasteiger partial charge in [0.1, 0.15) is 6.04 Å². The summed E-state index contributed by atoms with van der Waals surface area (Å²) >= 11 is 0. The molecular formula is C11H11F2NO5S. The van der Waals surface area contributed by atoms with Gasteiger partial charge >= 0.3 is 11.7 Å². The molecule has 9 heteroatoms. The van der Waals surface area contributed by atoms with E-state index in [2.05, 4.69) is 5.32 Å². The maximum absolute atomic E-state index is 12.3. The zero-order valence-corrected chi connectivity index (χ0v) is 11.0. The highest BCUT2D eigenvalue weighted by Gasteiger charge is 2.26. The van der Waals surface area contributed by atoms with Crippen LogP contribution in [0.4, 0.5) is 8.78 Å². The van der Waals surface area contributed by atoms with Crippen molar-refractivity contribution >= 4 is 21.7 Å². The van der Waals surface area contributed by atoms with Gasteiger partial charge in [-0.3, -0.25) is 9.59 Å². The molecule has 110 valence electrons. The largest absolute Gasteiger partial charge is 0.480 e. The van der Waals surface area contributed by atoms with Gasteiger partial charge < -0.3 is 10.4 Å². The van der Waals surface area contributed by atoms with Gasteiger partial charge in [-0.15, -0.1) is 0 Å². The molecule has 1 atom stereocenters. The second kappa shape index (κ2) is 5.95. The van der Waals surface area contributed by atoms with Crippen LogP contribution < -0.4 is 5.32 Å². The summed E-state index contributed by atoms with van der Waals surface area (Å²) in [6, 6.07) is 2.65. The lowest BCUT2D eigenvalue weighted by Crippen LogP contribution is -2.38. The normalized spacial score (nSPS) is 13.0. The maximum atomic E-state index is 12.3. The van der Waals surface area contributed by atoms with Crippen LogP contribution in [0.15, 0.2) is 29.2 Å². The molecule has 2 N–H and O–H groups in total. The quantitative estimate of drug-likeness (QED) is 0.841. The Hall–Kier alpha value is -2.03. The number of aliphatic carboxylic acids is 1. The fraction of sp³-hybridized carbons (Fsp3) is 0.273. The number of hydrogen-bond donors (Lipinski definition) is 2. The van der Waals surface area contributed by atoms with E-state index in [4.69, 9.17) is 5.11 Å². The van der Waals surface area contributed by atoms with Gasteiger partial charge in [-0.05, 0) is 31.2 Å². The van der Waals surface area contributed by atoms with E-state index in [9.17, 15) is 26.8 Å². The molecular weight excluding hydrogens is 296 g/mol. The van der Waals surface area contributed by atoms with E-state index in [0.29, 0.717) is 0 Å². The molecule has 0 aliphatic heterocycles. The Bertz CT molecular complexity index is 612. The summed E-state index contributed by atoms with van der Waals surface area (Å²) in [4.78, 5) is 21.5. The molecule has 0 aliphatic rings. The lowest BCUT2D eigenvalue weighted by Gasteiger charge is -2.09. The van der Waals surface area contributed by atoms with E-state index >= 15 is 0 Å². The summed E-state index contributed by atoms with van der Waals surface area (Å²) in [7, 11) is -4.72. The Morgan fingerprint density at radius 1 is 1.20 bits per heavy atom. The van der Waals surface area contributed by atoms with Gasteiger partial charge in [0, 0.05) is 5.56 Å². The van der Waals surface area contributed by atoms with E-state index in [-0.39, 0.29) is 5.56 Å². The molecule has 0 heterocycles. The number of sulfone groups is 1. The zero-order chi connectivity index (χ0) is 15.5. The third kappa shape index (κ3) is 3.50.